The first-order valence-electron chi connectivity index (χ1n) is 8.23. The zero-order valence-corrected chi connectivity index (χ0v) is 15.1. The first-order chi connectivity index (χ1) is 12.0. The normalized spacial score (nSPS) is 16.7. The molecule has 3 rings (SSSR count). The standard InChI is InChI=1S/C17H21N5O2S/c1-11-9-19-17(25-11)21-15-7-3-5-13(20-15)14-6-4-8-22(14)16(24)10-18-12(2)23/h3,5,7,9,14H,4,6,8,10H2,1-2H3,(H,18,23)(H,19,20,21). The Bertz CT molecular complexity index is 776. The number of nitrogens with zero attached hydrogens (tertiary/aromatic N) is 3. The highest BCUT2D eigenvalue weighted by atomic mass is 32.1. The number of carbonyl (C=O) groups excluding carboxylic acids is 2. The van der Waals surface area contributed by atoms with Crippen molar-refractivity contribution in [3.8, 4) is 0 Å². The molecule has 2 aromatic heterocycles. The minimum Gasteiger partial charge on any atom is -0.347 e. The van der Waals surface area contributed by atoms with E-state index in [1.54, 1.807) is 16.2 Å². The summed E-state index contributed by atoms with van der Waals surface area (Å²) in [6.07, 6.45) is 3.62. The van der Waals surface area contributed by atoms with Gasteiger partial charge >= 0.3 is 0 Å². The van der Waals surface area contributed by atoms with E-state index in [-0.39, 0.29) is 24.4 Å². The lowest BCUT2D eigenvalue weighted by molar-refractivity contribution is -0.133. The Balaban J connectivity index is 1.72. The van der Waals surface area contributed by atoms with Crippen LogP contribution in [0.3, 0.4) is 0 Å². The van der Waals surface area contributed by atoms with Crippen molar-refractivity contribution in [1.82, 2.24) is 20.2 Å². The summed E-state index contributed by atoms with van der Waals surface area (Å²) in [6, 6.07) is 5.70. The maximum atomic E-state index is 12.4. The van der Waals surface area contributed by atoms with Crippen LogP contribution < -0.4 is 10.6 Å². The van der Waals surface area contributed by atoms with E-state index >= 15 is 0 Å². The lowest BCUT2D eigenvalue weighted by Crippen LogP contribution is -2.39. The Hall–Kier alpha value is -2.48. The van der Waals surface area contributed by atoms with Gasteiger partial charge in [0.1, 0.15) is 5.82 Å². The zero-order chi connectivity index (χ0) is 17.8. The number of likely N-dealkylation sites (tertiary alicyclic amines) is 1. The van der Waals surface area contributed by atoms with Gasteiger partial charge in [0.25, 0.3) is 0 Å². The lowest BCUT2D eigenvalue weighted by atomic mass is 10.1. The summed E-state index contributed by atoms with van der Waals surface area (Å²) in [4.78, 5) is 35.3. The van der Waals surface area contributed by atoms with Gasteiger partial charge in [-0.05, 0) is 31.9 Å². The summed E-state index contributed by atoms with van der Waals surface area (Å²) in [5.74, 6) is 0.439. The molecule has 0 spiro atoms. The van der Waals surface area contributed by atoms with Gasteiger partial charge in [0.2, 0.25) is 11.8 Å². The van der Waals surface area contributed by atoms with Crippen LogP contribution >= 0.6 is 11.3 Å². The molecule has 0 bridgehead atoms. The summed E-state index contributed by atoms with van der Waals surface area (Å²) in [7, 11) is 0. The molecule has 132 valence electrons. The van der Waals surface area contributed by atoms with E-state index in [4.69, 9.17) is 0 Å². The topological polar surface area (TPSA) is 87.2 Å². The van der Waals surface area contributed by atoms with Crippen molar-refractivity contribution in [2.75, 3.05) is 18.4 Å². The molecule has 1 fully saturated rings. The highest BCUT2D eigenvalue weighted by Crippen LogP contribution is 2.31. The van der Waals surface area contributed by atoms with Crippen molar-refractivity contribution in [2.45, 2.75) is 32.7 Å². The Morgan fingerprint density at radius 2 is 2.24 bits per heavy atom. The smallest absolute Gasteiger partial charge is 0.242 e. The van der Waals surface area contributed by atoms with Crippen molar-refractivity contribution < 1.29 is 9.59 Å². The van der Waals surface area contributed by atoms with Gasteiger partial charge in [-0.25, -0.2) is 9.97 Å². The molecule has 0 aromatic carbocycles. The number of pyridine rings is 1. The molecular weight excluding hydrogens is 338 g/mol. The summed E-state index contributed by atoms with van der Waals surface area (Å²) in [5.41, 5.74) is 0.854. The molecule has 2 N–H and O–H groups in total. The second kappa shape index (κ2) is 7.60. The average molecular weight is 359 g/mol. The third kappa shape index (κ3) is 4.33. The number of hydrogen-bond donors (Lipinski definition) is 2. The fraction of sp³-hybridized carbons (Fsp3) is 0.412. The predicted molar refractivity (Wildman–Crippen MR) is 96.7 cm³/mol. The molecule has 0 aliphatic carbocycles. The maximum absolute atomic E-state index is 12.4. The molecule has 2 amide bonds. The second-order valence-electron chi connectivity index (χ2n) is 6.00. The molecule has 1 unspecified atom stereocenters. The van der Waals surface area contributed by atoms with E-state index in [1.807, 2.05) is 31.3 Å². The van der Waals surface area contributed by atoms with Gasteiger partial charge in [-0.15, -0.1) is 11.3 Å². The summed E-state index contributed by atoms with van der Waals surface area (Å²) < 4.78 is 0. The van der Waals surface area contributed by atoms with Gasteiger partial charge in [0, 0.05) is 24.5 Å². The summed E-state index contributed by atoms with van der Waals surface area (Å²) in [5, 5.41) is 6.58. The van der Waals surface area contributed by atoms with E-state index in [1.165, 1.54) is 6.92 Å². The largest absolute Gasteiger partial charge is 0.347 e. The highest BCUT2D eigenvalue weighted by Gasteiger charge is 2.30. The first kappa shape index (κ1) is 17.3. The lowest BCUT2D eigenvalue weighted by Gasteiger charge is -2.24. The molecule has 1 aliphatic rings. The molecule has 0 radical (unpaired) electrons. The van der Waals surface area contributed by atoms with Crippen LogP contribution in [0.15, 0.2) is 24.4 Å². The van der Waals surface area contributed by atoms with Crippen molar-refractivity contribution in [1.29, 1.82) is 0 Å². The zero-order valence-electron chi connectivity index (χ0n) is 14.3. The molecule has 8 heteroatoms. The SMILES string of the molecule is CC(=O)NCC(=O)N1CCCC1c1cccc(Nc2ncc(C)s2)n1. The van der Waals surface area contributed by atoms with Gasteiger partial charge in [-0.3, -0.25) is 9.59 Å². The van der Waals surface area contributed by atoms with Crippen molar-refractivity contribution in [3.63, 3.8) is 0 Å². The number of carbonyl (C=O) groups is 2. The van der Waals surface area contributed by atoms with Gasteiger partial charge in [0.05, 0.1) is 18.3 Å². The highest BCUT2D eigenvalue weighted by molar-refractivity contribution is 7.15. The van der Waals surface area contributed by atoms with Crippen LogP contribution in [0, 0.1) is 6.92 Å². The Morgan fingerprint density at radius 3 is 2.96 bits per heavy atom. The van der Waals surface area contributed by atoms with E-state index < -0.39 is 0 Å². The van der Waals surface area contributed by atoms with E-state index in [9.17, 15) is 9.59 Å². The number of amides is 2. The molecule has 1 saturated heterocycles. The molecule has 2 aromatic rings. The van der Waals surface area contributed by atoms with Gasteiger partial charge in [-0.2, -0.15) is 0 Å². The average Bonchev–Trinajstić information content (AvgIpc) is 3.22. The van der Waals surface area contributed by atoms with Crippen LogP contribution in [0.2, 0.25) is 0 Å². The number of rotatable bonds is 5. The van der Waals surface area contributed by atoms with Crippen LogP contribution in [-0.4, -0.2) is 39.8 Å². The van der Waals surface area contributed by atoms with Crippen LogP contribution in [0.5, 0.6) is 0 Å². The number of hydrogen-bond acceptors (Lipinski definition) is 6. The fourth-order valence-corrected chi connectivity index (χ4v) is 3.57. The number of anilines is 2. The predicted octanol–water partition coefficient (Wildman–Crippen LogP) is 2.39. The van der Waals surface area contributed by atoms with Crippen molar-refractivity contribution in [2.24, 2.45) is 0 Å². The van der Waals surface area contributed by atoms with Crippen LogP contribution in [0.25, 0.3) is 0 Å². The van der Waals surface area contributed by atoms with Crippen molar-refractivity contribution in [3.05, 3.63) is 35.0 Å². The minimum atomic E-state index is -0.202. The van der Waals surface area contributed by atoms with E-state index in [2.05, 4.69) is 20.6 Å². The van der Waals surface area contributed by atoms with Crippen LogP contribution in [0.1, 0.15) is 36.4 Å². The number of aromatic nitrogens is 2. The Morgan fingerprint density at radius 1 is 1.40 bits per heavy atom. The van der Waals surface area contributed by atoms with Gasteiger partial charge in [-0.1, -0.05) is 6.07 Å². The molecule has 7 nitrogen and oxygen atoms in total. The molecule has 3 heterocycles. The van der Waals surface area contributed by atoms with Crippen LogP contribution in [-0.2, 0) is 9.59 Å². The number of aryl methyl sites for hydroxylation is 1. The van der Waals surface area contributed by atoms with E-state index in [0.717, 1.165) is 28.5 Å². The summed E-state index contributed by atoms with van der Waals surface area (Å²) in [6.45, 7) is 4.13. The van der Waals surface area contributed by atoms with Crippen molar-refractivity contribution >= 4 is 34.1 Å². The summed E-state index contributed by atoms with van der Waals surface area (Å²) >= 11 is 1.57. The minimum absolute atomic E-state index is 0.0299. The molecule has 1 aliphatic heterocycles. The third-order valence-corrected chi connectivity index (χ3v) is 4.86. The molecular formula is C17H21N5O2S. The Kier molecular flexibility index (Phi) is 5.28. The monoisotopic (exact) mass is 359 g/mol. The molecule has 1 atom stereocenters. The second-order valence-corrected chi connectivity index (χ2v) is 7.24. The quantitative estimate of drug-likeness (QED) is 0.856. The van der Waals surface area contributed by atoms with Crippen LogP contribution in [0.4, 0.5) is 10.9 Å². The number of thiazole rings is 1. The molecule has 25 heavy (non-hydrogen) atoms. The number of nitrogens with one attached hydrogen (secondary N) is 2. The molecule has 0 saturated carbocycles. The third-order valence-electron chi connectivity index (χ3n) is 4.03. The van der Waals surface area contributed by atoms with Gasteiger partial charge in [0.15, 0.2) is 5.13 Å². The van der Waals surface area contributed by atoms with Gasteiger partial charge < -0.3 is 15.5 Å². The maximum Gasteiger partial charge on any atom is 0.242 e. The Labute approximate surface area is 150 Å². The first-order valence-corrected chi connectivity index (χ1v) is 9.05. The van der Waals surface area contributed by atoms with E-state index in [0.29, 0.717) is 12.4 Å². The fourth-order valence-electron chi connectivity index (χ4n) is 2.90.